The van der Waals surface area contributed by atoms with Crippen molar-refractivity contribution in [3.63, 3.8) is 0 Å². The van der Waals surface area contributed by atoms with Gasteiger partial charge in [-0.15, -0.1) is 0 Å². The highest BCUT2D eigenvalue weighted by Gasteiger charge is 2.17. The van der Waals surface area contributed by atoms with E-state index in [0.717, 1.165) is 22.7 Å². The van der Waals surface area contributed by atoms with Crippen molar-refractivity contribution in [2.75, 3.05) is 4.90 Å². The highest BCUT2D eigenvalue weighted by atomic mass is 15.1. The summed E-state index contributed by atoms with van der Waals surface area (Å²) in [6, 6.07) is 56.0. The molecule has 8 aromatic rings. The Morgan fingerprint density at radius 2 is 0.951 bits per heavy atom. The molecule has 194 valence electrons. The summed E-state index contributed by atoms with van der Waals surface area (Å²) in [6.45, 7) is 0. The van der Waals surface area contributed by atoms with Gasteiger partial charge in [0.05, 0.1) is 16.6 Å². The summed E-state index contributed by atoms with van der Waals surface area (Å²) in [7, 11) is 0. The second-order valence-corrected chi connectivity index (χ2v) is 10.3. The Bertz CT molecular complexity index is 2080. The largest absolute Gasteiger partial charge is 0.316 e. The summed E-state index contributed by atoms with van der Waals surface area (Å²) in [4.78, 5) is 2.29. The third kappa shape index (κ3) is 3.82. The molecule has 41 heavy (non-hydrogen) atoms. The molecule has 0 saturated heterocycles. The molecule has 0 bridgehead atoms. The summed E-state index contributed by atoms with van der Waals surface area (Å²) in [6.07, 6.45) is 2.19. The van der Waals surface area contributed by atoms with Crippen LogP contribution in [0.1, 0.15) is 0 Å². The number of aromatic nitrogens is 2. The fraction of sp³-hybridized carbons (Fsp3) is 0. The van der Waals surface area contributed by atoms with Gasteiger partial charge in [0.15, 0.2) is 0 Å². The maximum absolute atomic E-state index is 2.40. The van der Waals surface area contributed by atoms with E-state index in [0.29, 0.717) is 0 Å². The van der Waals surface area contributed by atoms with Crippen molar-refractivity contribution in [1.29, 1.82) is 0 Å². The number of fused-ring (bicyclic) bond motifs is 5. The number of hydrogen-bond acceptors (Lipinski definition) is 1. The van der Waals surface area contributed by atoms with Gasteiger partial charge < -0.3 is 14.0 Å². The number of para-hydroxylation sites is 4. The lowest BCUT2D eigenvalue weighted by atomic mass is 10.1. The minimum Gasteiger partial charge on any atom is -0.316 e. The van der Waals surface area contributed by atoms with Crippen LogP contribution < -0.4 is 4.90 Å². The molecule has 0 unspecified atom stereocenters. The maximum atomic E-state index is 2.40. The predicted octanol–water partition coefficient (Wildman–Crippen LogP) is 10.2. The number of hydrogen-bond donors (Lipinski definition) is 0. The fourth-order valence-electron chi connectivity index (χ4n) is 6.11. The second-order valence-electron chi connectivity index (χ2n) is 10.3. The zero-order chi connectivity index (χ0) is 27.2. The van der Waals surface area contributed by atoms with Gasteiger partial charge in [0.1, 0.15) is 0 Å². The molecule has 0 spiro atoms. The van der Waals surface area contributed by atoms with E-state index in [2.05, 4.69) is 178 Å². The highest BCUT2D eigenvalue weighted by Crippen LogP contribution is 2.38. The Morgan fingerprint density at radius 3 is 1.63 bits per heavy atom. The molecule has 0 radical (unpaired) electrons. The van der Waals surface area contributed by atoms with E-state index in [1.807, 2.05) is 0 Å². The van der Waals surface area contributed by atoms with E-state index < -0.39 is 0 Å². The average molecular weight is 526 g/mol. The lowest BCUT2D eigenvalue weighted by Gasteiger charge is -2.25. The molecule has 2 heterocycles. The minimum atomic E-state index is 1.12. The van der Waals surface area contributed by atoms with Crippen LogP contribution in [0.2, 0.25) is 0 Å². The van der Waals surface area contributed by atoms with Crippen LogP contribution in [0.15, 0.2) is 164 Å². The van der Waals surface area contributed by atoms with Crippen LogP contribution in [0.3, 0.4) is 0 Å². The van der Waals surface area contributed by atoms with Crippen molar-refractivity contribution in [3.8, 4) is 11.4 Å². The van der Waals surface area contributed by atoms with E-state index in [4.69, 9.17) is 0 Å². The lowest BCUT2D eigenvalue weighted by Crippen LogP contribution is -2.09. The fourth-order valence-corrected chi connectivity index (χ4v) is 6.11. The van der Waals surface area contributed by atoms with Gasteiger partial charge in [-0.2, -0.15) is 0 Å². The third-order valence-electron chi connectivity index (χ3n) is 7.93. The van der Waals surface area contributed by atoms with Crippen LogP contribution in [0.4, 0.5) is 17.1 Å². The molecular weight excluding hydrogens is 498 g/mol. The normalized spacial score (nSPS) is 11.4. The second kappa shape index (κ2) is 9.58. The number of benzene rings is 6. The van der Waals surface area contributed by atoms with Crippen LogP contribution in [0, 0.1) is 0 Å². The van der Waals surface area contributed by atoms with Crippen molar-refractivity contribution in [1.82, 2.24) is 9.13 Å². The van der Waals surface area contributed by atoms with Gasteiger partial charge in [-0.05, 0) is 78.9 Å². The van der Waals surface area contributed by atoms with Crippen LogP contribution >= 0.6 is 0 Å². The Labute approximate surface area is 238 Å². The van der Waals surface area contributed by atoms with Crippen molar-refractivity contribution in [2.45, 2.75) is 0 Å². The third-order valence-corrected chi connectivity index (χ3v) is 7.93. The monoisotopic (exact) mass is 525 g/mol. The van der Waals surface area contributed by atoms with E-state index in [-0.39, 0.29) is 0 Å². The highest BCUT2D eigenvalue weighted by molar-refractivity contribution is 6.18. The zero-order valence-electron chi connectivity index (χ0n) is 22.4. The Morgan fingerprint density at radius 1 is 0.366 bits per heavy atom. The SMILES string of the molecule is c1ccc(N(c2ccccc2)c2ccc(-n3ccc4c3ccc3c5ccccc5n(-c5ccccc5)c34)cc2)cc1. The summed E-state index contributed by atoms with van der Waals surface area (Å²) < 4.78 is 4.69. The summed E-state index contributed by atoms with van der Waals surface area (Å²) >= 11 is 0. The molecule has 0 amide bonds. The standard InChI is InChI=1S/C38H27N3/c1-4-12-29(13-5-1)40(30-14-6-2-7-15-30)32-22-20-28(21-23-32)39-27-26-35-36(39)25-24-34-33-18-10-11-19-37(33)41(38(34)35)31-16-8-3-9-17-31/h1-27H. The van der Waals surface area contributed by atoms with E-state index in [1.54, 1.807) is 0 Å². The molecule has 0 fully saturated rings. The molecule has 0 aliphatic rings. The van der Waals surface area contributed by atoms with E-state index in [9.17, 15) is 0 Å². The van der Waals surface area contributed by atoms with Gasteiger partial charge in [-0.25, -0.2) is 0 Å². The van der Waals surface area contributed by atoms with Crippen LogP contribution in [0.5, 0.6) is 0 Å². The summed E-state index contributed by atoms with van der Waals surface area (Å²) in [5.41, 5.74) is 9.34. The zero-order valence-corrected chi connectivity index (χ0v) is 22.4. The molecule has 0 N–H and O–H groups in total. The molecule has 3 nitrogen and oxygen atoms in total. The van der Waals surface area contributed by atoms with Gasteiger partial charge in [0.2, 0.25) is 0 Å². The van der Waals surface area contributed by atoms with Gasteiger partial charge in [0, 0.05) is 50.8 Å². The first-order valence-corrected chi connectivity index (χ1v) is 14.0. The topological polar surface area (TPSA) is 13.1 Å². The Kier molecular flexibility index (Phi) is 5.46. The van der Waals surface area contributed by atoms with Crippen molar-refractivity contribution < 1.29 is 0 Å². The molecule has 0 atom stereocenters. The molecule has 8 rings (SSSR count). The van der Waals surface area contributed by atoms with Gasteiger partial charge in [-0.3, -0.25) is 0 Å². The van der Waals surface area contributed by atoms with Gasteiger partial charge in [-0.1, -0.05) is 78.9 Å². The van der Waals surface area contributed by atoms with Crippen molar-refractivity contribution >= 4 is 49.8 Å². The van der Waals surface area contributed by atoms with Crippen molar-refractivity contribution in [2.24, 2.45) is 0 Å². The molecule has 2 aromatic heterocycles. The minimum absolute atomic E-state index is 1.12. The molecule has 3 heteroatoms. The van der Waals surface area contributed by atoms with Crippen LogP contribution in [0.25, 0.3) is 44.1 Å². The summed E-state index contributed by atoms with van der Waals surface area (Å²) in [5.74, 6) is 0. The smallest absolute Gasteiger partial charge is 0.0635 e. The predicted molar refractivity (Wildman–Crippen MR) is 172 cm³/mol. The molecule has 0 aliphatic heterocycles. The molecule has 0 aliphatic carbocycles. The lowest BCUT2D eigenvalue weighted by molar-refractivity contribution is 1.12. The van der Waals surface area contributed by atoms with E-state index in [1.165, 1.54) is 38.4 Å². The first-order valence-electron chi connectivity index (χ1n) is 14.0. The Balaban J connectivity index is 1.28. The van der Waals surface area contributed by atoms with Gasteiger partial charge >= 0.3 is 0 Å². The summed E-state index contributed by atoms with van der Waals surface area (Å²) in [5, 5.41) is 3.78. The quantitative estimate of drug-likeness (QED) is 0.218. The number of anilines is 3. The first kappa shape index (κ1) is 23.4. The number of rotatable bonds is 5. The molecule has 0 saturated carbocycles. The molecule has 6 aromatic carbocycles. The average Bonchev–Trinajstić information content (AvgIpc) is 3.63. The molecular formula is C38H27N3. The first-order chi connectivity index (χ1) is 20.4. The maximum Gasteiger partial charge on any atom is 0.0635 e. The van der Waals surface area contributed by atoms with Gasteiger partial charge in [0.25, 0.3) is 0 Å². The Hall–Kier alpha value is -5.54. The van der Waals surface area contributed by atoms with Crippen LogP contribution in [-0.2, 0) is 0 Å². The van der Waals surface area contributed by atoms with Crippen molar-refractivity contribution in [3.05, 3.63) is 164 Å². The van der Waals surface area contributed by atoms with Crippen LogP contribution in [-0.4, -0.2) is 9.13 Å². The van der Waals surface area contributed by atoms with E-state index >= 15 is 0 Å². The number of nitrogens with zero attached hydrogens (tertiary/aromatic N) is 3.